The molecule has 1 atom stereocenters. The monoisotopic (exact) mass is 574 g/mol. The number of hydrogen-bond donors (Lipinski definition) is 0. The molecular weight excluding hydrogens is 565 g/mol. The van der Waals surface area contributed by atoms with Crippen LogP contribution in [0, 0.1) is 0 Å². The first-order valence-electron chi connectivity index (χ1n) is 2.00. The second-order valence-corrected chi connectivity index (χ2v) is 7.25. The molecule has 0 saturated carbocycles. The second kappa shape index (κ2) is 15.5. The molecule has 0 N–H and O–H groups in total. The first-order valence-corrected chi connectivity index (χ1v) is 11.8. The Morgan fingerprint density at radius 2 is 0.444 bits per heavy atom. The summed E-state index contributed by atoms with van der Waals surface area (Å²) in [6.45, 7) is 0. The van der Waals surface area contributed by atoms with Gasteiger partial charge in [-0.2, -0.15) is 9.90 Å². The van der Waals surface area contributed by atoms with Crippen molar-refractivity contribution in [2.75, 3.05) is 0 Å². The fourth-order valence-corrected chi connectivity index (χ4v) is 0. The molecular formula is H3Al2Mo3O12P. The van der Waals surface area contributed by atoms with Crippen molar-refractivity contribution in [3.63, 3.8) is 0 Å². The second-order valence-electron chi connectivity index (χ2n) is 1.22. The van der Waals surface area contributed by atoms with Crippen molar-refractivity contribution in [3.05, 3.63) is 0 Å². The normalized spacial score (nSPS) is 9.67. The maximum absolute atomic E-state index is 8.63. The molecule has 0 spiro atoms. The van der Waals surface area contributed by atoms with Crippen LogP contribution in [-0.2, 0) is 70.6 Å². The van der Waals surface area contributed by atoms with Gasteiger partial charge in [0, 0.05) is 0 Å². The van der Waals surface area contributed by atoms with Gasteiger partial charge in [-0.3, -0.25) is 0 Å². The van der Waals surface area contributed by atoms with Crippen LogP contribution in [0.5, 0.6) is 0 Å². The van der Waals surface area contributed by atoms with E-state index in [4.69, 9.17) is 42.9 Å². The molecule has 0 heterocycles. The first-order chi connectivity index (χ1) is 6.00. The van der Waals surface area contributed by atoms with Gasteiger partial charge in [0.1, 0.15) is 0 Å². The number of rotatable bonds is 0. The third kappa shape index (κ3) is 1180. The molecule has 1 unspecified atom stereocenters. The zero-order valence-electron chi connectivity index (χ0n) is 7.99. The summed E-state index contributed by atoms with van der Waals surface area (Å²) in [6.07, 6.45) is 0. The van der Waals surface area contributed by atoms with Gasteiger partial charge in [0.15, 0.2) is 0 Å². The van der Waals surface area contributed by atoms with Crippen molar-refractivity contribution in [2.45, 2.75) is 0 Å². The predicted molar refractivity (Wildman–Crippen MR) is 26.7 cm³/mol. The fraction of sp³-hybridized carbons (Fsp3) is 0. The van der Waals surface area contributed by atoms with E-state index in [9.17, 15) is 0 Å². The molecule has 0 aromatic rings. The SMILES string of the molecule is P.[Al+3].[Al+3].[O]=[Mo](=[O])([O-])[O-].[O]=[Mo](=[O])([O-])[O-].[O]=[Mo](=[O])([O-])[O-]. The summed E-state index contributed by atoms with van der Waals surface area (Å²) >= 11 is -18.1. The molecule has 18 heavy (non-hydrogen) atoms. The average molecular weight is 568 g/mol. The Morgan fingerprint density at radius 3 is 0.444 bits per heavy atom. The van der Waals surface area contributed by atoms with Crippen molar-refractivity contribution in [1.29, 1.82) is 0 Å². The summed E-state index contributed by atoms with van der Waals surface area (Å²) in [4.78, 5) is 0. The van der Waals surface area contributed by atoms with Gasteiger partial charge in [-0.15, -0.1) is 0 Å². The van der Waals surface area contributed by atoms with E-state index in [1.54, 1.807) is 0 Å². The summed E-state index contributed by atoms with van der Waals surface area (Å²) in [5, 5.41) is 0. The van der Waals surface area contributed by atoms with Crippen molar-refractivity contribution in [1.82, 2.24) is 0 Å². The minimum absolute atomic E-state index is 0. The van der Waals surface area contributed by atoms with Gasteiger partial charge in [-0.05, 0) is 0 Å². The Hall–Kier alpha value is 2.12. The van der Waals surface area contributed by atoms with Crippen LogP contribution in [0.25, 0.3) is 0 Å². The van der Waals surface area contributed by atoms with Gasteiger partial charge >= 0.3 is 128 Å². The molecule has 0 rings (SSSR count). The van der Waals surface area contributed by atoms with Crippen LogP contribution in [0.2, 0.25) is 0 Å². The van der Waals surface area contributed by atoms with E-state index in [0.29, 0.717) is 0 Å². The van der Waals surface area contributed by atoms with Crippen LogP contribution >= 0.6 is 9.90 Å². The summed E-state index contributed by atoms with van der Waals surface area (Å²) < 4.78 is 104. The molecule has 0 amide bonds. The van der Waals surface area contributed by atoms with E-state index >= 15 is 0 Å². The van der Waals surface area contributed by atoms with Crippen molar-refractivity contribution in [2.24, 2.45) is 0 Å². The zero-order valence-corrected chi connectivity index (χ0v) is 17.7. The molecule has 18 heteroatoms. The van der Waals surface area contributed by atoms with Crippen LogP contribution in [0.15, 0.2) is 0 Å². The Bertz CT molecular complexity index is 346. The molecule has 0 aliphatic heterocycles. The molecule has 0 radical (unpaired) electrons. The quantitative estimate of drug-likeness (QED) is 0.196. The van der Waals surface area contributed by atoms with Crippen LogP contribution < -0.4 is 22.6 Å². The van der Waals surface area contributed by atoms with E-state index in [1.165, 1.54) is 0 Å². The predicted octanol–water partition coefficient (Wildman–Crippen LogP) is -8.56. The Labute approximate surface area is 136 Å². The van der Waals surface area contributed by atoms with Gasteiger partial charge in [-0.25, -0.2) is 0 Å². The van der Waals surface area contributed by atoms with Gasteiger partial charge in [0.25, 0.3) is 0 Å². The molecule has 0 aromatic carbocycles. The Kier molecular flexibility index (Phi) is 31.8. The van der Waals surface area contributed by atoms with Crippen molar-refractivity contribution in [3.8, 4) is 0 Å². The van der Waals surface area contributed by atoms with Crippen LogP contribution in [0.3, 0.4) is 0 Å². The third-order valence-electron chi connectivity index (χ3n) is 0. The molecule has 104 valence electrons. The molecule has 12 nitrogen and oxygen atoms in total. The molecule has 0 fully saturated rings. The summed E-state index contributed by atoms with van der Waals surface area (Å²) in [5.41, 5.74) is 0. The topological polar surface area (TPSA) is 241 Å². The van der Waals surface area contributed by atoms with E-state index in [1.807, 2.05) is 0 Å². The standard InChI is InChI=1S/2Al.3Mo.12O.H3P/h;;;;;;;;;;;;;;;;;1H3/q2*+3;;;;;;;;;;6*-1;. The summed E-state index contributed by atoms with van der Waals surface area (Å²) in [7, 11) is 0. The molecule has 0 bridgehead atoms. The molecule has 0 aromatic heterocycles. The van der Waals surface area contributed by atoms with E-state index in [-0.39, 0.29) is 44.6 Å². The summed E-state index contributed by atoms with van der Waals surface area (Å²) in [6, 6.07) is 0. The van der Waals surface area contributed by atoms with E-state index in [2.05, 4.69) is 0 Å². The average Bonchev–Trinajstić information content (AvgIpc) is 1.41. The third-order valence-corrected chi connectivity index (χ3v) is 0. The first kappa shape index (κ1) is 36.9. The fourth-order valence-electron chi connectivity index (χ4n) is 0. The van der Waals surface area contributed by atoms with E-state index in [0.717, 1.165) is 0 Å². The van der Waals surface area contributed by atoms with Crippen LogP contribution in [-0.4, -0.2) is 34.7 Å². The van der Waals surface area contributed by atoms with E-state index < -0.39 is 50.2 Å². The Balaban J connectivity index is -0.0000000277. The molecule has 0 aliphatic carbocycles. The molecule has 0 saturated heterocycles. The van der Waals surface area contributed by atoms with Crippen molar-refractivity contribution >= 4 is 44.6 Å². The van der Waals surface area contributed by atoms with Crippen molar-refractivity contribution < 1.29 is 93.2 Å². The van der Waals surface area contributed by atoms with Gasteiger partial charge < -0.3 is 0 Å². The van der Waals surface area contributed by atoms with Crippen LogP contribution in [0.4, 0.5) is 0 Å². The minimum atomic E-state index is -6.02. The summed E-state index contributed by atoms with van der Waals surface area (Å²) in [5.74, 6) is 0. The Morgan fingerprint density at radius 1 is 0.444 bits per heavy atom. The zero-order chi connectivity index (χ0) is 13.5. The number of hydrogen-bond acceptors (Lipinski definition) is 12. The van der Waals surface area contributed by atoms with Gasteiger partial charge in [0.2, 0.25) is 0 Å². The maximum atomic E-state index is 8.63. The molecule has 0 aliphatic rings. The van der Waals surface area contributed by atoms with Gasteiger partial charge in [-0.1, -0.05) is 0 Å². The van der Waals surface area contributed by atoms with Gasteiger partial charge in [0.05, 0.1) is 0 Å². The van der Waals surface area contributed by atoms with Crippen LogP contribution in [0.1, 0.15) is 0 Å².